The molecule has 1 aliphatic rings. The average Bonchev–Trinajstić information content (AvgIpc) is 3.14. The summed E-state index contributed by atoms with van der Waals surface area (Å²) in [6.07, 6.45) is 2.85. The number of hydrogen-bond donors (Lipinski definition) is 6. The van der Waals surface area contributed by atoms with Crippen molar-refractivity contribution >= 4 is 23.6 Å². The van der Waals surface area contributed by atoms with E-state index in [0.29, 0.717) is 6.42 Å². The lowest BCUT2D eigenvalue weighted by molar-refractivity contribution is -0.137. The van der Waals surface area contributed by atoms with Gasteiger partial charge in [0.25, 0.3) is 0 Å². The number of unbranched alkanes of at least 4 members (excludes halogenated alkanes) is 6. The first-order valence-electron chi connectivity index (χ1n) is 12.7. The Kier molecular flexibility index (Phi) is 12.6. The van der Waals surface area contributed by atoms with E-state index in [-0.39, 0.29) is 31.0 Å². The molecular weight excluding hydrogens is 488 g/mol. The second-order valence-corrected chi connectivity index (χ2v) is 9.14. The number of carbonyl (C=O) groups is 3. The summed E-state index contributed by atoms with van der Waals surface area (Å²) in [6.45, 7) is 1.58. The number of nitrogens with one attached hydrogen (secondary N) is 2. The molecule has 2 amide bonds. The summed E-state index contributed by atoms with van der Waals surface area (Å²) in [6, 6.07) is 0.112. The van der Waals surface area contributed by atoms with E-state index in [4.69, 9.17) is 9.84 Å². The van der Waals surface area contributed by atoms with Crippen LogP contribution in [0.25, 0.3) is 0 Å². The van der Waals surface area contributed by atoms with Crippen LogP contribution < -0.4 is 16.3 Å². The Morgan fingerprint density at radius 3 is 2.35 bits per heavy atom. The molecule has 2 rings (SSSR count). The normalized spacial score (nSPS) is 21.9. The molecule has 2 heterocycles. The number of anilines is 1. The summed E-state index contributed by atoms with van der Waals surface area (Å²) in [4.78, 5) is 52.4. The number of ether oxygens (including phenoxy) is 1. The van der Waals surface area contributed by atoms with Crippen molar-refractivity contribution in [1.82, 2.24) is 14.9 Å². The number of aliphatic carboxylic acids is 1. The number of amides is 2. The van der Waals surface area contributed by atoms with Gasteiger partial charge in [-0.05, 0) is 18.9 Å². The summed E-state index contributed by atoms with van der Waals surface area (Å²) >= 11 is 0. The van der Waals surface area contributed by atoms with Crippen LogP contribution in [0.15, 0.2) is 17.1 Å². The van der Waals surface area contributed by atoms with Crippen molar-refractivity contribution in [2.75, 3.05) is 11.9 Å². The van der Waals surface area contributed by atoms with Crippen molar-refractivity contribution in [3.63, 3.8) is 0 Å². The number of nitrogens with zero attached hydrogens (tertiary/aromatic N) is 2. The second kappa shape index (κ2) is 15.4. The first-order chi connectivity index (χ1) is 17.7. The van der Waals surface area contributed by atoms with Crippen molar-refractivity contribution in [2.45, 2.75) is 102 Å². The molecule has 5 atom stereocenters. The SMILES string of the molecule is CCCCCCCCCC(=O)N[C@@H](CCC(=O)O)C(=O)Nc1ccn([C@H]2O[C@@H](CO)[C@H](O)[C@H]2O)c(=O)n1. The number of carboxylic acids is 1. The summed E-state index contributed by atoms with van der Waals surface area (Å²) in [5, 5.41) is 43.2. The minimum atomic E-state index is -1.48. The van der Waals surface area contributed by atoms with Crippen LogP contribution in [0.3, 0.4) is 0 Å². The Morgan fingerprint density at radius 2 is 1.76 bits per heavy atom. The quantitative estimate of drug-likeness (QED) is 0.163. The smallest absolute Gasteiger partial charge is 0.351 e. The molecule has 0 aromatic carbocycles. The lowest BCUT2D eigenvalue weighted by Gasteiger charge is -2.19. The van der Waals surface area contributed by atoms with Gasteiger partial charge in [-0.2, -0.15) is 4.98 Å². The van der Waals surface area contributed by atoms with E-state index in [9.17, 15) is 34.5 Å². The van der Waals surface area contributed by atoms with Gasteiger partial charge in [0, 0.05) is 19.0 Å². The van der Waals surface area contributed by atoms with Crippen LogP contribution in [0.5, 0.6) is 0 Å². The molecule has 1 aromatic heterocycles. The molecule has 37 heavy (non-hydrogen) atoms. The monoisotopic (exact) mass is 526 g/mol. The van der Waals surface area contributed by atoms with Crippen LogP contribution in [0.1, 0.15) is 77.4 Å². The molecule has 0 saturated carbocycles. The average molecular weight is 527 g/mol. The third kappa shape index (κ3) is 9.50. The van der Waals surface area contributed by atoms with E-state index in [1.165, 1.54) is 18.7 Å². The highest BCUT2D eigenvalue weighted by Gasteiger charge is 2.43. The van der Waals surface area contributed by atoms with Crippen LogP contribution in [0.2, 0.25) is 0 Å². The zero-order valence-electron chi connectivity index (χ0n) is 21.0. The Labute approximate surface area is 214 Å². The third-order valence-electron chi connectivity index (χ3n) is 6.18. The molecule has 0 spiro atoms. The topological polar surface area (TPSA) is 200 Å². The van der Waals surface area contributed by atoms with Gasteiger partial charge in [0.2, 0.25) is 11.8 Å². The zero-order chi connectivity index (χ0) is 27.4. The maximum atomic E-state index is 12.8. The lowest BCUT2D eigenvalue weighted by Crippen LogP contribution is -2.44. The lowest BCUT2D eigenvalue weighted by atomic mass is 10.1. The van der Waals surface area contributed by atoms with Crippen molar-refractivity contribution in [3.05, 3.63) is 22.7 Å². The molecule has 0 radical (unpaired) electrons. The summed E-state index contributed by atoms with van der Waals surface area (Å²) < 4.78 is 6.21. The molecule has 208 valence electrons. The van der Waals surface area contributed by atoms with Crippen LogP contribution in [-0.4, -0.2) is 78.7 Å². The summed E-state index contributed by atoms with van der Waals surface area (Å²) in [5.41, 5.74) is -0.905. The first-order valence-corrected chi connectivity index (χ1v) is 12.7. The maximum Gasteiger partial charge on any atom is 0.351 e. The third-order valence-corrected chi connectivity index (χ3v) is 6.18. The number of aliphatic hydroxyl groups is 3. The molecule has 1 aromatic rings. The fourth-order valence-corrected chi connectivity index (χ4v) is 4.04. The van der Waals surface area contributed by atoms with E-state index in [1.54, 1.807) is 0 Å². The van der Waals surface area contributed by atoms with E-state index in [0.717, 1.165) is 36.7 Å². The Hall–Kier alpha value is -2.87. The van der Waals surface area contributed by atoms with E-state index < -0.39 is 54.8 Å². The van der Waals surface area contributed by atoms with Crippen LogP contribution in [-0.2, 0) is 19.1 Å². The Bertz CT molecular complexity index is 954. The number of carbonyl (C=O) groups excluding carboxylic acids is 2. The van der Waals surface area contributed by atoms with Gasteiger partial charge in [-0.25, -0.2) is 4.79 Å². The molecular formula is C24H38N4O9. The van der Waals surface area contributed by atoms with Crippen molar-refractivity contribution < 1.29 is 39.5 Å². The zero-order valence-corrected chi connectivity index (χ0v) is 21.0. The largest absolute Gasteiger partial charge is 0.481 e. The molecule has 13 nitrogen and oxygen atoms in total. The van der Waals surface area contributed by atoms with Gasteiger partial charge in [-0.3, -0.25) is 19.0 Å². The maximum absolute atomic E-state index is 12.8. The number of rotatable bonds is 16. The van der Waals surface area contributed by atoms with E-state index >= 15 is 0 Å². The molecule has 13 heteroatoms. The first kappa shape index (κ1) is 30.4. The number of hydrogen-bond acceptors (Lipinski definition) is 9. The molecule has 1 saturated heterocycles. The van der Waals surface area contributed by atoms with Gasteiger partial charge >= 0.3 is 11.7 Å². The highest BCUT2D eigenvalue weighted by molar-refractivity contribution is 5.96. The van der Waals surface area contributed by atoms with Gasteiger partial charge in [-0.1, -0.05) is 45.4 Å². The molecule has 6 N–H and O–H groups in total. The van der Waals surface area contributed by atoms with Gasteiger partial charge in [0.1, 0.15) is 30.2 Å². The van der Waals surface area contributed by atoms with Gasteiger partial charge < -0.3 is 35.8 Å². The molecule has 0 unspecified atom stereocenters. The molecule has 0 bridgehead atoms. The molecule has 0 aliphatic carbocycles. The van der Waals surface area contributed by atoms with E-state index in [1.807, 2.05) is 0 Å². The summed E-state index contributed by atoms with van der Waals surface area (Å²) in [7, 11) is 0. The Morgan fingerprint density at radius 1 is 1.08 bits per heavy atom. The summed E-state index contributed by atoms with van der Waals surface area (Å²) in [5.74, 6) is -2.38. The van der Waals surface area contributed by atoms with Gasteiger partial charge in [0.15, 0.2) is 6.23 Å². The molecule has 1 aliphatic heterocycles. The fourth-order valence-electron chi connectivity index (χ4n) is 4.04. The molecule has 1 fully saturated rings. The van der Waals surface area contributed by atoms with Crippen molar-refractivity contribution in [1.29, 1.82) is 0 Å². The van der Waals surface area contributed by atoms with Crippen molar-refractivity contribution in [3.8, 4) is 0 Å². The fraction of sp³-hybridized carbons (Fsp3) is 0.708. The van der Waals surface area contributed by atoms with E-state index in [2.05, 4.69) is 22.5 Å². The highest BCUT2D eigenvalue weighted by Crippen LogP contribution is 2.28. The Balaban J connectivity index is 1.96. The predicted molar refractivity (Wildman–Crippen MR) is 132 cm³/mol. The number of aliphatic hydroxyl groups excluding tert-OH is 3. The van der Waals surface area contributed by atoms with Gasteiger partial charge in [0.05, 0.1) is 6.61 Å². The minimum absolute atomic E-state index is 0.149. The minimum Gasteiger partial charge on any atom is -0.481 e. The van der Waals surface area contributed by atoms with Crippen LogP contribution >= 0.6 is 0 Å². The predicted octanol–water partition coefficient (Wildman–Crippen LogP) is 0.284. The number of aromatic nitrogens is 2. The highest BCUT2D eigenvalue weighted by atomic mass is 16.6. The standard InChI is InChI=1S/C24H38N4O9/c1-2-3-4-5-6-7-8-9-18(30)25-15(10-11-19(31)32)22(35)26-17-12-13-28(24(36)27-17)23-21(34)20(33)16(14-29)37-23/h12-13,15-16,20-21,23,29,33-34H,2-11,14H2,1H3,(H,25,30)(H,31,32)(H,26,27,35,36)/t15-,16-,20-,21+,23-/m0/s1. The second-order valence-electron chi connectivity index (χ2n) is 9.14. The van der Waals surface area contributed by atoms with Crippen molar-refractivity contribution in [2.24, 2.45) is 0 Å². The number of carboxylic acid groups (broad SMARTS) is 1. The van der Waals surface area contributed by atoms with Crippen LogP contribution in [0.4, 0.5) is 5.82 Å². The van der Waals surface area contributed by atoms with Gasteiger partial charge in [-0.15, -0.1) is 0 Å². The van der Waals surface area contributed by atoms with Crippen LogP contribution in [0, 0.1) is 0 Å².